The van der Waals surface area contributed by atoms with Crippen LogP contribution in [-0.4, -0.2) is 52.0 Å². The zero-order valence-corrected chi connectivity index (χ0v) is 24.3. The number of aliphatic hydroxyl groups is 1. The van der Waals surface area contributed by atoms with Crippen molar-refractivity contribution in [2.24, 2.45) is 0 Å². The molecule has 5 rings (SSSR count). The van der Waals surface area contributed by atoms with E-state index in [0.29, 0.717) is 36.5 Å². The average Bonchev–Trinajstić information content (AvgIpc) is 3.35. The molecule has 3 heterocycles. The van der Waals surface area contributed by atoms with Gasteiger partial charge < -0.3 is 29.5 Å². The molecule has 1 fully saturated rings. The van der Waals surface area contributed by atoms with Gasteiger partial charge in [0.25, 0.3) is 11.5 Å². The fraction of sp³-hybridized carbons (Fsp3) is 0.419. The van der Waals surface area contributed by atoms with Gasteiger partial charge in [0.05, 0.1) is 19.2 Å². The van der Waals surface area contributed by atoms with Gasteiger partial charge in [0.2, 0.25) is 5.75 Å². The van der Waals surface area contributed by atoms with Crippen LogP contribution in [0.2, 0.25) is 0 Å². The zero-order valence-electron chi connectivity index (χ0n) is 24.3. The Kier molecular flexibility index (Phi) is 8.79. The highest BCUT2D eigenvalue weighted by Gasteiger charge is 2.36. The Morgan fingerprint density at radius 2 is 1.95 bits per heavy atom. The molecule has 12 heteroatoms. The molecule has 1 amide bonds. The maximum atomic E-state index is 14.4. The van der Waals surface area contributed by atoms with Crippen LogP contribution in [0.15, 0.2) is 53.3 Å². The van der Waals surface area contributed by atoms with Gasteiger partial charge in [-0.2, -0.15) is 0 Å². The Bertz CT molecular complexity index is 1560. The summed E-state index contributed by atoms with van der Waals surface area (Å²) in [6.07, 6.45) is -0.00362. The summed E-state index contributed by atoms with van der Waals surface area (Å²) in [5.74, 6) is -1.53. The van der Waals surface area contributed by atoms with Gasteiger partial charge in [-0.25, -0.2) is 9.37 Å². The number of nitrogens with one attached hydrogen (secondary N) is 1. The summed E-state index contributed by atoms with van der Waals surface area (Å²) in [5, 5.41) is 13.5. The maximum Gasteiger partial charge on any atom is 0.302 e. The van der Waals surface area contributed by atoms with Crippen LogP contribution in [0.25, 0.3) is 0 Å². The molecule has 0 saturated carbocycles. The first kappa shape index (κ1) is 30.2. The van der Waals surface area contributed by atoms with Crippen LogP contribution in [0.5, 0.6) is 5.75 Å². The molecule has 0 radical (unpaired) electrons. The third-order valence-electron chi connectivity index (χ3n) is 7.60. The number of halogens is 1. The Morgan fingerprint density at radius 1 is 1.19 bits per heavy atom. The van der Waals surface area contributed by atoms with Gasteiger partial charge in [-0.3, -0.25) is 19.0 Å². The largest absolute Gasteiger partial charge is 0.481 e. The molecular weight excluding hydrogens is 559 g/mol. The standard InChI is InChI=1S/C31H35FN4O7/c1-19(37)41-18-23-11-12-25(38)36(23)24-15-22(32)10-9-21(24)16-33-28(39)26-27(42-17-20-7-5-4-6-8-20)29(40)35-13-14-43-31(2,3)30(35)34-26/h4-10,15,23,25,38H,11-14,16-18H2,1-3H3,(H,33,39)/t23-,25?/m1/s1. The number of aliphatic hydroxyl groups excluding tert-OH is 1. The molecule has 0 spiro atoms. The van der Waals surface area contributed by atoms with E-state index in [1.165, 1.54) is 29.7 Å². The van der Waals surface area contributed by atoms with Gasteiger partial charge in [0, 0.05) is 19.2 Å². The van der Waals surface area contributed by atoms with E-state index in [1.807, 2.05) is 30.3 Å². The van der Waals surface area contributed by atoms with Crippen molar-refractivity contribution in [2.45, 2.75) is 71.2 Å². The lowest BCUT2D eigenvalue weighted by Crippen LogP contribution is -2.43. The third kappa shape index (κ3) is 6.55. The first-order chi connectivity index (χ1) is 20.5. The van der Waals surface area contributed by atoms with Crippen LogP contribution in [-0.2, 0) is 39.6 Å². The molecule has 2 aliphatic heterocycles. The van der Waals surface area contributed by atoms with Crippen molar-refractivity contribution in [3.05, 3.63) is 87.3 Å². The highest BCUT2D eigenvalue weighted by molar-refractivity contribution is 5.95. The normalized spacial score (nSPS) is 19.0. The molecule has 43 heavy (non-hydrogen) atoms. The number of aromatic nitrogens is 2. The van der Waals surface area contributed by atoms with Gasteiger partial charge >= 0.3 is 5.97 Å². The van der Waals surface area contributed by atoms with Gasteiger partial charge in [0.1, 0.15) is 36.7 Å². The summed E-state index contributed by atoms with van der Waals surface area (Å²) in [7, 11) is 0. The van der Waals surface area contributed by atoms with Crippen molar-refractivity contribution in [3.63, 3.8) is 0 Å². The molecular formula is C31H35FN4O7. The fourth-order valence-electron chi connectivity index (χ4n) is 5.46. The Hall–Kier alpha value is -4.29. The van der Waals surface area contributed by atoms with E-state index in [0.717, 1.165) is 5.56 Å². The summed E-state index contributed by atoms with van der Waals surface area (Å²) in [5.41, 5.74) is 0.0756. The minimum Gasteiger partial charge on any atom is -0.481 e. The van der Waals surface area contributed by atoms with Crippen molar-refractivity contribution in [2.75, 3.05) is 18.1 Å². The predicted molar refractivity (Wildman–Crippen MR) is 154 cm³/mol. The van der Waals surface area contributed by atoms with Crippen LogP contribution in [0.1, 0.15) is 61.1 Å². The van der Waals surface area contributed by atoms with E-state index in [9.17, 15) is 23.9 Å². The highest BCUT2D eigenvalue weighted by Crippen LogP contribution is 2.33. The van der Waals surface area contributed by atoms with Crippen molar-refractivity contribution >= 4 is 17.6 Å². The maximum absolute atomic E-state index is 14.4. The summed E-state index contributed by atoms with van der Waals surface area (Å²) in [6.45, 7) is 5.41. The number of fused-ring (bicyclic) bond motifs is 1. The van der Waals surface area contributed by atoms with E-state index in [1.54, 1.807) is 18.7 Å². The first-order valence-electron chi connectivity index (χ1n) is 14.2. The number of esters is 1. The van der Waals surface area contributed by atoms with E-state index in [2.05, 4.69) is 10.3 Å². The van der Waals surface area contributed by atoms with Gasteiger partial charge in [-0.05, 0) is 49.9 Å². The minimum atomic E-state index is -0.931. The third-order valence-corrected chi connectivity index (χ3v) is 7.60. The molecule has 0 bridgehead atoms. The Balaban J connectivity index is 1.45. The second kappa shape index (κ2) is 12.5. The quantitative estimate of drug-likeness (QED) is 0.359. The Morgan fingerprint density at radius 3 is 2.70 bits per heavy atom. The predicted octanol–water partition coefficient (Wildman–Crippen LogP) is 3.01. The molecule has 2 aromatic carbocycles. The number of nitrogens with zero attached hydrogens (tertiary/aromatic N) is 3. The number of benzene rings is 2. The summed E-state index contributed by atoms with van der Waals surface area (Å²) in [4.78, 5) is 44.9. The number of hydrogen-bond donors (Lipinski definition) is 2. The van der Waals surface area contributed by atoms with Crippen LogP contribution >= 0.6 is 0 Å². The number of anilines is 1. The minimum absolute atomic E-state index is 0.0255. The van der Waals surface area contributed by atoms with Crippen LogP contribution in [0, 0.1) is 5.82 Å². The number of rotatable bonds is 9. The zero-order chi connectivity index (χ0) is 30.7. The molecule has 1 saturated heterocycles. The molecule has 2 aliphatic rings. The van der Waals surface area contributed by atoms with Gasteiger partial charge in [-0.1, -0.05) is 36.4 Å². The second-order valence-corrected chi connectivity index (χ2v) is 11.1. The van der Waals surface area contributed by atoms with Crippen molar-refractivity contribution in [3.8, 4) is 5.75 Å². The van der Waals surface area contributed by atoms with Gasteiger partial charge in [0.15, 0.2) is 5.69 Å². The lowest BCUT2D eigenvalue weighted by molar-refractivity contribution is -0.141. The fourth-order valence-corrected chi connectivity index (χ4v) is 5.46. The number of carbonyl (C=O) groups excluding carboxylic acids is 2. The highest BCUT2D eigenvalue weighted by atomic mass is 19.1. The SMILES string of the molecule is CC(=O)OC[C@H]1CCC(O)N1c1cc(F)ccc1CNC(=O)c1nc2n(c(=O)c1OCc1ccccc1)CCOC2(C)C. The van der Waals surface area contributed by atoms with Crippen LogP contribution in [0.3, 0.4) is 0 Å². The lowest BCUT2D eigenvalue weighted by atomic mass is 10.1. The van der Waals surface area contributed by atoms with Crippen molar-refractivity contribution in [1.82, 2.24) is 14.9 Å². The topological polar surface area (TPSA) is 132 Å². The van der Waals surface area contributed by atoms with Crippen LogP contribution in [0.4, 0.5) is 10.1 Å². The molecule has 1 aromatic heterocycles. The average molecular weight is 595 g/mol. The lowest BCUT2D eigenvalue weighted by Gasteiger charge is -2.33. The second-order valence-electron chi connectivity index (χ2n) is 11.1. The Labute approximate surface area is 248 Å². The van der Waals surface area contributed by atoms with E-state index >= 15 is 0 Å². The number of amides is 1. The molecule has 2 atom stereocenters. The van der Waals surface area contributed by atoms with Gasteiger partial charge in [-0.15, -0.1) is 0 Å². The summed E-state index contributed by atoms with van der Waals surface area (Å²) in [6, 6.07) is 12.9. The van der Waals surface area contributed by atoms with Crippen LogP contribution < -0.4 is 20.5 Å². The first-order valence-corrected chi connectivity index (χ1v) is 14.2. The molecule has 11 nitrogen and oxygen atoms in total. The molecule has 2 N–H and O–H groups in total. The molecule has 0 aliphatic carbocycles. The van der Waals surface area contributed by atoms with Crippen molar-refractivity contribution in [1.29, 1.82) is 0 Å². The van der Waals surface area contributed by atoms with E-state index in [4.69, 9.17) is 14.2 Å². The number of ether oxygens (including phenoxy) is 3. The monoisotopic (exact) mass is 594 g/mol. The molecule has 1 unspecified atom stereocenters. The van der Waals surface area contributed by atoms with E-state index < -0.39 is 35.1 Å². The number of hydrogen-bond acceptors (Lipinski definition) is 9. The van der Waals surface area contributed by atoms with Crippen molar-refractivity contribution < 1.29 is 33.3 Å². The summed E-state index contributed by atoms with van der Waals surface area (Å²) >= 11 is 0. The molecule has 228 valence electrons. The van der Waals surface area contributed by atoms with E-state index in [-0.39, 0.29) is 43.8 Å². The molecule has 3 aromatic rings. The number of carbonyl (C=O) groups is 2. The smallest absolute Gasteiger partial charge is 0.302 e. The summed E-state index contributed by atoms with van der Waals surface area (Å²) < 4.78 is 32.8.